The fourth-order valence-corrected chi connectivity index (χ4v) is 3.11. The quantitative estimate of drug-likeness (QED) is 0.909. The fraction of sp³-hybridized carbons (Fsp3) is 0.556. The summed E-state index contributed by atoms with van der Waals surface area (Å²) in [5.41, 5.74) is 1.52. The molecule has 0 saturated carbocycles. The lowest BCUT2D eigenvalue weighted by atomic mass is 9.80. The molecule has 1 aromatic rings. The topological polar surface area (TPSA) is 56.1 Å². The third kappa shape index (κ3) is 4.08. The van der Waals surface area contributed by atoms with Crippen LogP contribution in [0.4, 0.5) is 0 Å². The number of piperidine rings is 1. The summed E-state index contributed by atoms with van der Waals surface area (Å²) in [6, 6.07) is 9.90. The number of benzene rings is 1. The second-order valence-electron chi connectivity index (χ2n) is 6.44. The Morgan fingerprint density at radius 2 is 2.32 bits per heavy atom. The van der Waals surface area contributed by atoms with Crippen molar-refractivity contribution in [2.45, 2.75) is 39.7 Å². The van der Waals surface area contributed by atoms with Crippen molar-refractivity contribution in [1.82, 2.24) is 10.2 Å². The second kappa shape index (κ2) is 7.42. The van der Waals surface area contributed by atoms with Crippen molar-refractivity contribution in [1.29, 1.82) is 5.26 Å². The molecule has 4 nitrogen and oxygen atoms in total. The first-order valence-electron chi connectivity index (χ1n) is 8.07. The first-order chi connectivity index (χ1) is 10.6. The number of hydrogen-bond donors (Lipinski definition) is 1. The van der Waals surface area contributed by atoms with Gasteiger partial charge in [-0.1, -0.05) is 19.1 Å². The van der Waals surface area contributed by atoms with Crippen molar-refractivity contribution >= 4 is 5.91 Å². The van der Waals surface area contributed by atoms with Crippen LogP contribution in [0, 0.1) is 16.7 Å². The zero-order valence-electron chi connectivity index (χ0n) is 13.6. The van der Waals surface area contributed by atoms with E-state index in [1.165, 1.54) is 0 Å². The van der Waals surface area contributed by atoms with Crippen LogP contribution in [-0.2, 0) is 11.3 Å². The maximum Gasteiger partial charge on any atom is 0.227 e. The normalized spacial score (nSPS) is 22.0. The highest BCUT2D eigenvalue weighted by Gasteiger charge is 2.37. The van der Waals surface area contributed by atoms with Gasteiger partial charge in [0, 0.05) is 19.6 Å². The van der Waals surface area contributed by atoms with Crippen LogP contribution < -0.4 is 5.32 Å². The molecule has 22 heavy (non-hydrogen) atoms. The Labute approximate surface area is 133 Å². The van der Waals surface area contributed by atoms with Gasteiger partial charge in [-0.25, -0.2) is 0 Å². The average molecular weight is 299 g/mol. The summed E-state index contributed by atoms with van der Waals surface area (Å²) < 4.78 is 0. The molecule has 1 aromatic carbocycles. The Kier molecular flexibility index (Phi) is 5.57. The smallest absolute Gasteiger partial charge is 0.227 e. The van der Waals surface area contributed by atoms with E-state index < -0.39 is 0 Å². The summed E-state index contributed by atoms with van der Waals surface area (Å²) in [6.45, 7) is 7.46. The molecule has 1 N–H and O–H groups in total. The molecule has 4 heteroatoms. The van der Waals surface area contributed by atoms with Gasteiger partial charge in [-0.2, -0.15) is 5.26 Å². The van der Waals surface area contributed by atoms with Crippen LogP contribution in [0.3, 0.4) is 0 Å². The SMILES string of the molecule is CCCNC(=O)C1(C)CCCN(Cc2cccc(C#N)c2)C1. The molecule has 1 atom stereocenters. The van der Waals surface area contributed by atoms with Crippen molar-refractivity contribution in [3.63, 3.8) is 0 Å². The number of rotatable bonds is 5. The van der Waals surface area contributed by atoms with Crippen LogP contribution >= 0.6 is 0 Å². The summed E-state index contributed by atoms with van der Waals surface area (Å²) in [5, 5.41) is 12.0. The number of nitrogens with one attached hydrogen (secondary N) is 1. The van der Waals surface area contributed by atoms with Crippen LogP contribution in [0.5, 0.6) is 0 Å². The van der Waals surface area contributed by atoms with Crippen molar-refractivity contribution in [3.8, 4) is 6.07 Å². The zero-order chi connectivity index (χ0) is 16.0. The standard InChI is InChI=1S/C18H25N3O/c1-3-9-20-17(22)18(2)8-5-10-21(14-18)13-16-7-4-6-15(11-16)12-19/h4,6-7,11H,3,5,8-10,13-14H2,1-2H3,(H,20,22). The summed E-state index contributed by atoms with van der Waals surface area (Å²) in [4.78, 5) is 14.7. The number of amides is 1. The van der Waals surface area contributed by atoms with Gasteiger partial charge in [0.15, 0.2) is 0 Å². The van der Waals surface area contributed by atoms with E-state index in [4.69, 9.17) is 5.26 Å². The highest BCUT2D eigenvalue weighted by atomic mass is 16.2. The Morgan fingerprint density at radius 3 is 3.05 bits per heavy atom. The van der Waals surface area contributed by atoms with Gasteiger partial charge < -0.3 is 5.32 Å². The Bertz CT molecular complexity index is 564. The van der Waals surface area contributed by atoms with E-state index in [0.29, 0.717) is 5.56 Å². The zero-order valence-corrected chi connectivity index (χ0v) is 13.6. The molecule has 118 valence electrons. The third-order valence-corrected chi connectivity index (χ3v) is 4.32. The van der Waals surface area contributed by atoms with E-state index >= 15 is 0 Å². The maximum absolute atomic E-state index is 12.4. The summed E-state index contributed by atoms with van der Waals surface area (Å²) in [7, 11) is 0. The number of nitriles is 1. The lowest BCUT2D eigenvalue weighted by molar-refractivity contribution is -0.133. The second-order valence-corrected chi connectivity index (χ2v) is 6.44. The minimum atomic E-state index is -0.305. The van der Waals surface area contributed by atoms with E-state index in [9.17, 15) is 4.79 Å². The van der Waals surface area contributed by atoms with Gasteiger partial charge in [-0.05, 0) is 50.4 Å². The predicted molar refractivity (Wildman–Crippen MR) is 87.1 cm³/mol. The number of hydrogen-bond acceptors (Lipinski definition) is 3. The lowest BCUT2D eigenvalue weighted by Gasteiger charge is -2.39. The summed E-state index contributed by atoms with van der Waals surface area (Å²) in [6.07, 6.45) is 2.94. The van der Waals surface area contributed by atoms with Gasteiger partial charge in [0.25, 0.3) is 0 Å². The monoisotopic (exact) mass is 299 g/mol. The number of nitrogens with zero attached hydrogens (tertiary/aromatic N) is 2. The predicted octanol–water partition coefficient (Wildman–Crippen LogP) is 2.69. The minimum Gasteiger partial charge on any atom is -0.356 e. The first kappa shape index (κ1) is 16.5. The molecule has 1 heterocycles. The van der Waals surface area contributed by atoms with E-state index in [2.05, 4.69) is 30.1 Å². The molecular weight excluding hydrogens is 274 g/mol. The molecular formula is C18H25N3O. The van der Waals surface area contributed by atoms with Gasteiger partial charge in [0.1, 0.15) is 0 Å². The van der Waals surface area contributed by atoms with E-state index in [1.807, 2.05) is 24.3 Å². The van der Waals surface area contributed by atoms with Gasteiger partial charge in [-0.15, -0.1) is 0 Å². The molecule has 0 radical (unpaired) electrons. The van der Waals surface area contributed by atoms with Gasteiger partial charge in [-0.3, -0.25) is 9.69 Å². The Morgan fingerprint density at radius 1 is 1.50 bits per heavy atom. The molecule has 0 aromatic heterocycles. The summed E-state index contributed by atoms with van der Waals surface area (Å²) >= 11 is 0. The van der Waals surface area contributed by atoms with Crippen molar-refractivity contribution < 1.29 is 4.79 Å². The largest absolute Gasteiger partial charge is 0.356 e. The van der Waals surface area contributed by atoms with Gasteiger partial charge in [0.2, 0.25) is 5.91 Å². The van der Waals surface area contributed by atoms with E-state index in [-0.39, 0.29) is 11.3 Å². The molecule has 1 unspecified atom stereocenters. The fourth-order valence-electron chi connectivity index (χ4n) is 3.11. The highest BCUT2D eigenvalue weighted by Crippen LogP contribution is 2.30. The van der Waals surface area contributed by atoms with Crippen molar-refractivity contribution in [2.24, 2.45) is 5.41 Å². The van der Waals surface area contributed by atoms with Crippen LogP contribution in [0.25, 0.3) is 0 Å². The molecule has 1 fully saturated rings. The number of likely N-dealkylation sites (tertiary alicyclic amines) is 1. The lowest BCUT2D eigenvalue weighted by Crippen LogP contribution is -2.50. The molecule has 0 bridgehead atoms. The van der Waals surface area contributed by atoms with Crippen molar-refractivity contribution in [2.75, 3.05) is 19.6 Å². The molecule has 1 amide bonds. The minimum absolute atomic E-state index is 0.171. The van der Waals surface area contributed by atoms with Crippen LogP contribution in [0.2, 0.25) is 0 Å². The number of carbonyl (C=O) groups is 1. The van der Waals surface area contributed by atoms with E-state index in [0.717, 1.165) is 51.0 Å². The first-order valence-corrected chi connectivity index (χ1v) is 8.07. The van der Waals surface area contributed by atoms with Gasteiger partial charge >= 0.3 is 0 Å². The molecule has 0 spiro atoms. The molecule has 0 aliphatic carbocycles. The molecule has 1 aliphatic heterocycles. The maximum atomic E-state index is 12.4. The van der Waals surface area contributed by atoms with Crippen LogP contribution in [0.1, 0.15) is 44.2 Å². The van der Waals surface area contributed by atoms with E-state index in [1.54, 1.807) is 0 Å². The Hall–Kier alpha value is -1.86. The third-order valence-electron chi connectivity index (χ3n) is 4.32. The molecule has 1 aliphatic rings. The molecule has 1 saturated heterocycles. The van der Waals surface area contributed by atoms with Crippen LogP contribution in [0.15, 0.2) is 24.3 Å². The molecule has 2 rings (SSSR count). The average Bonchev–Trinajstić information content (AvgIpc) is 2.52. The Balaban J connectivity index is 2.00. The van der Waals surface area contributed by atoms with Crippen molar-refractivity contribution in [3.05, 3.63) is 35.4 Å². The van der Waals surface area contributed by atoms with Gasteiger partial charge in [0.05, 0.1) is 17.0 Å². The number of carbonyl (C=O) groups excluding carboxylic acids is 1. The summed E-state index contributed by atoms with van der Waals surface area (Å²) in [5.74, 6) is 0.171. The highest BCUT2D eigenvalue weighted by molar-refractivity contribution is 5.82. The van der Waals surface area contributed by atoms with Crippen LogP contribution in [-0.4, -0.2) is 30.4 Å².